The normalized spacial score (nSPS) is 17.5. The third kappa shape index (κ3) is 8.94. The number of hydrogen-bond donors (Lipinski definition) is 3. The number of alkyl halides is 3. The van der Waals surface area contributed by atoms with Crippen LogP contribution in [-0.2, 0) is 19.1 Å². The number of halogens is 3. The maximum Gasteiger partial charge on any atom is 0.416 e. The van der Waals surface area contributed by atoms with E-state index >= 15 is 0 Å². The Bertz CT molecular complexity index is 1410. The summed E-state index contributed by atoms with van der Waals surface area (Å²) in [4.78, 5) is 29.1. The highest BCUT2D eigenvalue weighted by atomic mass is 19.4. The number of likely N-dealkylation sites (tertiary alicyclic amines) is 1. The van der Waals surface area contributed by atoms with Crippen LogP contribution in [0.1, 0.15) is 96.6 Å². The number of aromatic nitrogens is 2. The molecule has 1 aliphatic heterocycles. The Kier molecular flexibility index (Phi) is 11.8. The summed E-state index contributed by atoms with van der Waals surface area (Å²) < 4.78 is 41.2. The standard InChI is InChI=1S/C34H44F3N5O3/c1-4-12-27-17-9-10-18-41(27)33(45)30-21-29(40-42(30)5-2)32(44)39-28(19-24-13-7-6-8-14-24)31(43)22-38-23(3)25-15-11-16-26(20-25)34(35,36)37/h6-8,11,13-16,20-21,23,27-28,31,38,43H,4-5,9-10,12,17-19,22H2,1-3H3,(H,39,44)/t23-,27?,28+,31-/m1/s1. The van der Waals surface area contributed by atoms with Gasteiger partial charge < -0.3 is 20.6 Å². The minimum absolute atomic E-state index is 0.0100. The van der Waals surface area contributed by atoms with E-state index in [2.05, 4.69) is 22.7 Å². The SMILES string of the molecule is CCCC1CCCCN1C(=O)c1cc(C(=O)N[C@@H](Cc2ccccc2)[C@H](O)CN[C@H](C)c2cccc(C(F)(F)F)c2)nn1CC. The summed E-state index contributed by atoms with van der Waals surface area (Å²) >= 11 is 0. The van der Waals surface area contributed by atoms with Gasteiger partial charge >= 0.3 is 6.18 Å². The molecule has 244 valence electrons. The van der Waals surface area contributed by atoms with Gasteiger partial charge in [-0.15, -0.1) is 0 Å². The lowest BCUT2D eigenvalue weighted by Crippen LogP contribution is -2.49. The van der Waals surface area contributed by atoms with Crippen LogP contribution in [0.5, 0.6) is 0 Å². The van der Waals surface area contributed by atoms with Crippen molar-refractivity contribution in [3.05, 3.63) is 88.7 Å². The molecule has 2 heterocycles. The number of rotatable bonds is 13. The van der Waals surface area contributed by atoms with E-state index in [-0.39, 0.29) is 24.2 Å². The fraction of sp³-hybridized carbons (Fsp3) is 0.500. The summed E-state index contributed by atoms with van der Waals surface area (Å²) in [5.41, 5.74) is 1.02. The molecule has 1 aliphatic rings. The number of amides is 2. The van der Waals surface area contributed by atoms with Gasteiger partial charge in [0.15, 0.2) is 5.69 Å². The molecule has 0 aliphatic carbocycles. The third-order valence-electron chi connectivity index (χ3n) is 8.47. The zero-order valence-electron chi connectivity index (χ0n) is 26.2. The number of nitrogens with zero attached hydrogens (tertiary/aromatic N) is 3. The molecular weight excluding hydrogens is 583 g/mol. The van der Waals surface area contributed by atoms with Crippen LogP contribution in [0.4, 0.5) is 13.2 Å². The Balaban J connectivity index is 1.49. The van der Waals surface area contributed by atoms with Crippen molar-refractivity contribution in [2.24, 2.45) is 0 Å². The topological polar surface area (TPSA) is 99.5 Å². The molecule has 3 N–H and O–H groups in total. The van der Waals surface area contributed by atoms with Crippen LogP contribution in [0.15, 0.2) is 60.7 Å². The molecule has 1 unspecified atom stereocenters. The van der Waals surface area contributed by atoms with Crippen LogP contribution in [0.2, 0.25) is 0 Å². The molecule has 45 heavy (non-hydrogen) atoms. The van der Waals surface area contributed by atoms with Gasteiger partial charge in [-0.3, -0.25) is 14.3 Å². The van der Waals surface area contributed by atoms with Crippen LogP contribution < -0.4 is 10.6 Å². The van der Waals surface area contributed by atoms with Gasteiger partial charge in [0, 0.05) is 37.8 Å². The number of aliphatic hydroxyl groups is 1. The summed E-state index contributed by atoms with van der Waals surface area (Å²) in [5.74, 6) is -0.652. The zero-order chi connectivity index (χ0) is 32.6. The molecule has 0 saturated carbocycles. The molecule has 8 nitrogen and oxygen atoms in total. The average molecular weight is 628 g/mol. The van der Waals surface area contributed by atoms with Crippen molar-refractivity contribution >= 4 is 11.8 Å². The van der Waals surface area contributed by atoms with Crippen molar-refractivity contribution in [2.75, 3.05) is 13.1 Å². The fourth-order valence-corrected chi connectivity index (χ4v) is 5.92. The van der Waals surface area contributed by atoms with Crippen molar-refractivity contribution < 1.29 is 27.9 Å². The molecule has 1 saturated heterocycles. The second-order valence-corrected chi connectivity index (χ2v) is 11.8. The van der Waals surface area contributed by atoms with Gasteiger partial charge in [-0.2, -0.15) is 18.3 Å². The molecule has 4 atom stereocenters. The predicted molar refractivity (Wildman–Crippen MR) is 167 cm³/mol. The number of hydrogen-bond acceptors (Lipinski definition) is 5. The van der Waals surface area contributed by atoms with E-state index in [1.165, 1.54) is 12.1 Å². The molecule has 11 heteroatoms. The molecule has 0 bridgehead atoms. The molecule has 1 fully saturated rings. The van der Waals surface area contributed by atoms with Gasteiger partial charge in [-0.25, -0.2) is 0 Å². The second-order valence-electron chi connectivity index (χ2n) is 11.8. The summed E-state index contributed by atoms with van der Waals surface area (Å²) in [6.07, 6.45) is -0.327. The summed E-state index contributed by atoms with van der Waals surface area (Å²) in [6, 6.07) is 14.9. The van der Waals surface area contributed by atoms with Crippen molar-refractivity contribution in [2.45, 2.75) is 96.2 Å². The van der Waals surface area contributed by atoms with Crippen LogP contribution in [0.25, 0.3) is 0 Å². The molecular formula is C34H44F3N5O3. The lowest BCUT2D eigenvalue weighted by Gasteiger charge is -2.35. The number of benzene rings is 2. The lowest BCUT2D eigenvalue weighted by atomic mass is 9.98. The first-order valence-corrected chi connectivity index (χ1v) is 15.8. The second kappa shape index (κ2) is 15.5. The Morgan fingerprint density at radius 2 is 1.82 bits per heavy atom. The maximum absolute atomic E-state index is 13.6. The average Bonchev–Trinajstić information content (AvgIpc) is 3.48. The van der Waals surface area contributed by atoms with Crippen molar-refractivity contribution in [1.29, 1.82) is 0 Å². The van der Waals surface area contributed by atoms with Gasteiger partial charge in [-0.05, 0) is 69.2 Å². The Labute approximate surface area is 263 Å². The molecule has 0 radical (unpaired) electrons. The largest absolute Gasteiger partial charge is 0.416 e. The number of piperidine rings is 1. The van der Waals surface area contributed by atoms with Crippen LogP contribution >= 0.6 is 0 Å². The van der Waals surface area contributed by atoms with Crippen LogP contribution in [0, 0.1) is 0 Å². The van der Waals surface area contributed by atoms with E-state index in [1.807, 2.05) is 42.2 Å². The highest BCUT2D eigenvalue weighted by Crippen LogP contribution is 2.31. The third-order valence-corrected chi connectivity index (χ3v) is 8.47. The van der Waals surface area contributed by atoms with Crippen LogP contribution in [-0.4, -0.2) is 62.9 Å². The van der Waals surface area contributed by atoms with Crippen molar-refractivity contribution in [3.63, 3.8) is 0 Å². The van der Waals surface area contributed by atoms with Gasteiger partial charge in [-0.1, -0.05) is 55.8 Å². The summed E-state index contributed by atoms with van der Waals surface area (Å²) in [6.45, 7) is 6.79. The zero-order valence-corrected chi connectivity index (χ0v) is 26.2. The van der Waals surface area contributed by atoms with Gasteiger partial charge in [0.1, 0.15) is 5.69 Å². The molecule has 2 aromatic carbocycles. The number of nitrogens with one attached hydrogen (secondary N) is 2. The summed E-state index contributed by atoms with van der Waals surface area (Å²) in [5, 5.41) is 21.7. The lowest BCUT2D eigenvalue weighted by molar-refractivity contribution is -0.137. The number of carbonyl (C=O) groups excluding carboxylic acids is 2. The molecule has 4 rings (SSSR count). The molecule has 2 amide bonds. The number of aliphatic hydroxyl groups excluding tert-OH is 1. The molecule has 1 aromatic heterocycles. The highest BCUT2D eigenvalue weighted by Gasteiger charge is 2.32. The quantitative estimate of drug-likeness (QED) is 0.224. The fourth-order valence-electron chi connectivity index (χ4n) is 5.92. The van der Waals surface area contributed by atoms with Gasteiger partial charge in [0.25, 0.3) is 11.8 Å². The minimum Gasteiger partial charge on any atom is -0.390 e. The molecule has 0 spiro atoms. The Morgan fingerprint density at radius 1 is 1.07 bits per heavy atom. The van der Waals surface area contributed by atoms with Gasteiger partial charge in [0.05, 0.1) is 17.7 Å². The van der Waals surface area contributed by atoms with Crippen molar-refractivity contribution in [3.8, 4) is 0 Å². The maximum atomic E-state index is 13.6. The van der Waals surface area contributed by atoms with E-state index in [1.54, 1.807) is 17.7 Å². The van der Waals surface area contributed by atoms with Crippen molar-refractivity contribution in [1.82, 2.24) is 25.3 Å². The summed E-state index contributed by atoms with van der Waals surface area (Å²) in [7, 11) is 0. The van der Waals surface area contributed by atoms with Gasteiger partial charge in [0.2, 0.25) is 0 Å². The highest BCUT2D eigenvalue weighted by molar-refractivity contribution is 5.98. The van der Waals surface area contributed by atoms with Crippen LogP contribution in [0.3, 0.4) is 0 Å². The van der Waals surface area contributed by atoms with E-state index in [4.69, 9.17) is 0 Å². The first kappa shape index (κ1) is 34.2. The van der Waals surface area contributed by atoms with E-state index in [0.717, 1.165) is 49.8 Å². The monoisotopic (exact) mass is 627 g/mol. The first-order chi connectivity index (χ1) is 21.5. The van der Waals surface area contributed by atoms with E-state index in [0.29, 0.717) is 30.8 Å². The number of carbonyl (C=O) groups is 2. The van der Waals surface area contributed by atoms with E-state index < -0.39 is 35.8 Å². The number of aryl methyl sites for hydroxylation is 1. The Hall–Kier alpha value is -3.70. The van der Waals surface area contributed by atoms with E-state index in [9.17, 15) is 27.9 Å². The predicted octanol–water partition coefficient (Wildman–Crippen LogP) is 5.77. The minimum atomic E-state index is -4.46. The smallest absolute Gasteiger partial charge is 0.390 e. The molecule has 3 aromatic rings. The Morgan fingerprint density at radius 3 is 2.51 bits per heavy atom. The first-order valence-electron chi connectivity index (χ1n) is 15.8.